The minimum Gasteiger partial charge on any atom is -0.366 e. The van der Waals surface area contributed by atoms with Crippen molar-refractivity contribution in [1.29, 1.82) is 0 Å². The Morgan fingerprint density at radius 2 is 2.00 bits per heavy atom. The largest absolute Gasteiger partial charge is 0.416 e. The van der Waals surface area contributed by atoms with Crippen LogP contribution < -0.4 is 5.73 Å². The average molecular weight is 266 g/mol. The summed E-state index contributed by atoms with van der Waals surface area (Å²) < 4.78 is 36.1. The summed E-state index contributed by atoms with van der Waals surface area (Å²) in [5.41, 5.74) is 3.50. The third-order valence-electron chi connectivity index (χ3n) is 1.75. The maximum Gasteiger partial charge on any atom is 0.416 e. The first kappa shape index (κ1) is 13.3. The van der Waals surface area contributed by atoms with E-state index in [4.69, 9.17) is 5.73 Å². The van der Waals surface area contributed by atoms with Crippen LogP contribution in [0.25, 0.3) is 0 Å². The molecule has 9 heteroatoms. The number of nitro groups is 1. The van der Waals surface area contributed by atoms with E-state index in [0.29, 0.717) is 12.1 Å². The number of hydrogen-bond acceptors (Lipinski definition) is 4. The molecule has 1 aromatic rings. The fraction of sp³-hybridized carbons (Fsp3) is 0.125. The first-order valence-electron chi connectivity index (χ1n) is 4.05. The Hall–Kier alpha value is -1.77. The van der Waals surface area contributed by atoms with Crippen LogP contribution >= 0.6 is 11.9 Å². The predicted molar refractivity (Wildman–Crippen MR) is 52.8 cm³/mol. The van der Waals surface area contributed by atoms with Crippen molar-refractivity contribution in [3.8, 4) is 0 Å². The Kier molecular flexibility index (Phi) is 3.61. The maximum absolute atomic E-state index is 12.3. The van der Waals surface area contributed by atoms with Gasteiger partial charge in [-0.1, -0.05) is 0 Å². The van der Waals surface area contributed by atoms with E-state index in [1.54, 1.807) is 0 Å². The number of rotatable bonds is 3. The third-order valence-corrected chi connectivity index (χ3v) is 2.43. The Bertz CT molecular complexity index is 476. The zero-order chi connectivity index (χ0) is 13.2. The van der Waals surface area contributed by atoms with E-state index >= 15 is 0 Å². The molecule has 0 unspecified atom stereocenters. The first-order valence-corrected chi connectivity index (χ1v) is 4.82. The Labute approximate surface area is 97.1 Å². The number of hydrogen-bond donors (Lipinski definition) is 1. The van der Waals surface area contributed by atoms with Crippen molar-refractivity contribution >= 4 is 17.9 Å². The van der Waals surface area contributed by atoms with Crippen molar-refractivity contribution in [3.05, 3.63) is 39.4 Å². The van der Waals surface area contributed by atoms with E-state index < -0.39 is 26.9 Å². The summed E-state index contributed by atoms with van der Waals surface area (Å²) in [5.74, 6) is -1.02. The van der Waals surface area contributed by atoms with Gasteiger partial charge in [-0.3, -0.25) is 14.9 Å². The average Bonchev–Trinajstić information content (AvgIpc) is 2.14. The molecule has 2 N–H and O–H groups in total. The molecule has 0 fully saturated rings. The fourth-order valence-corrected chi connectivity index (χ4v) is 1.67. The minimum atomic E-state index is -4.64. The highest BCUT2D eigenvalue weighted by Gasteiger charge is 2.32. The van der Waals surface area contributed by atoms with Gasteiger partial charge in [0.15, 0.2) is 0 Å². The van der Waals surface area contributed by atoms with Crippen molar-refractivity contribution in [2.45, 2.75) is 11.1 Å². The molecular formula is C8H5F3N2O3S. The van der Waals surface area contributed by atoms with Crippen LogP contribution in [0.3, 0.4) is 0 Å². The monoisotopic (exact) mass is 266 g/mol. The lowest BCUT2D eigenvalue weighted by molar-refractivity contribution is -0.284. The molecule has 1 amide bonds. The molecule has 0 bridgehead atoms. The van der Waals surface area contributed by atoms with Gasteiger partial charge in [-0.2, -0.15) is 13.2 Å². The van der Waals surface area contributed by atoms with Gasteiger partial charge in [0.05, 0.1) is 16.0 Å². The number of alkyl halides is 3. The summed E-state index contributed by atoms with van der Waals surface area (Å²) in [7, 11) is 0. The van der Waals surface area contributed by atoms with E-state index in [-0.39, 0.29) is 17.5 Å². The van der Waals surface area contributed by atoms with Crippen LogP contribution in [0.4, 0.5) is 13.2 Å². The van der Waals surface area contributed by atoms with E-state index in [0.717, 1.165) is 6.07 Å². The Morgan fingerprint density at radius 1 is 1.41 bits per heavy atom. The second-order valence-electron chi connectivity index (χ2n) is 2.89. The molecule has 0 radical (unpaired) electrons. The summed E-state index contributed by atoms with van der Waals surface area (Å²) in [6, 6.07) is 1.98. The van der Waals surface area contributed by atoms with Crippen LogP contribution in [0, 0.1) is 10.1 Å². The summed E-state index contributed by atoms with van der Waals surface area (Å²) in [5, 5.41) is 10.2. The van der Waals surface area contributed by atoms with Gasteiger partial charge in [0.25, 0.3) is 11.9 Å². The fourth-order valence-electron chi connectivity index (χ4n) is 1.06. The number of benzene rings is 1. The molecule has 0 saturated heterocycles. The van der Waals surface area contributed by atoms with Crippen LogP contribution in [0.15, 0.2) is 23.1 Å². The molecule has 0 spiro atoms. The molecule has 0 heterocycles. The molecule has 0 aliphatic carbocycles. The van der Waals surface area contributed by atoms with Gasteiger partial charge < -0.3 is 5.73 Å². The number of carbonyl (C=O) groups is 1. The van der Waals surface area contributed by atoms with Crippen LogP contribution in [0.2, 0.25) is 0 Å². The van der Waals surface area contributed by atoms with Gasteiger partial charge in [0.1, 0.15) is 4.33 Å². The van der Waals surface area contributed by atoms with Crippen molar-refractivity contribution in [2.75, 3.05) is 0 Å². The standard InChI is InChI=1S/C8H5F3N2O3S/c9-8(10,11)4-1-2-5(7(12)14)6(3-4)17-13(15)16/h1-3H,(H2,12,14). The summed E-state index contributed by atoms with van der Waals surface area (Å²) in [6.45, 7) is 0. The summed E-state index contributed by atoms with van der Waals surface area (Å²) in [4.78, 5) is 20.7. The highest BCUT2D eigenvalue weighted by molar-refractivity contribution is 7.93. The molecular weight excluding hydrogens is 261 g/mol. The van der Waals surface area contributed by atoms with E-state index in [1.165, 1.54) is 0 Å². The summed E-state index contributed by atoms with van der Waals surface area (Å²) in [6.07, 6.45) is -4.64. The number of primary amides is 1. The van der Waals surface area contributed by atoms with Gasteiger partial charge in [-0.05, 0) is 18.2 Å². The summed E-state index contributed by atoms with van der Waals surface area (Å²) >= 11 is -0.0950. The number of amides is 1. The van der Waals surface area contributed by atoms with Gasteiger partial charge in [0, 0.05) is 0 Å². The molecule has 1 rings (SSSR count). The predicted octanol–water partition coefficient (Wildman–Crippen LogP) is 2.09. The number of halogens is 3. The van der Waals surface area contributed by atoms with Crippen LogP contribution in [0.5, 0.6) is 0 Å². The SMILES string of the molecule is NC(=O)c1ccc(C(F)(F)F)cc1S[N+](=O)[O-]. The van der Waals surface area contributed by atoms with E-state index in [1.807, 2.05) is 0 Å². The second-order valence-corrected chi connectivity index (χ2v) is 3.81. The third kappa shape index (κ3) is 3.34. The molecule has 0 aromatic heterocycles. The zero-order valence-corrected chi connectivity index (χ0v) is 8.84. The van der Waals surface area contributed by atoms with Crippen LogP contribution in [-0.2, 0) is 6.18 Å². The van der Waals surface area contributed by atoms with Crippen molar-refractivity contribution < 1.29 is 22.3 Å². The molecule has 17 heavy (non-hydrogen) atoms. The van der Waals surface area contributed by atoms with Gasteiger partial charge in [-0.25, -0.2) is 0 Å². The van der Waals surface area contributed by atoms with Crippen molar-refractivity contribution in [1.82, 2.24) is 0 Å². The number of nitrogens with zero attached hydrogens (tertiary/aromatic N) is 1. The van der Waals surface area contributed by atoms with E-state index in [9.17, 15) is 28.1 Å². The lowest BCUT2D eigenvalue weighted by Gasteiger charge is -2.08. The molecule has 0 atom stereocenters. The maximum atomic E-state index is 12.3. The highest BCUT2D eigenvalue weighted by atomic mass is 32.2. The van der Waals surface area contributed by atoms with Crippen molar-refractivity contribution in [3.63, 3.8) is 0 Å². The van der Waals surface area contributed by atoms with Crippen LogP contribution in [-0.4, -0.2) is 10.2 Å². The van der Waals surface area contributed by atoms with Gasteiger partial charge >= 0.3 is 6.18 Å². The molecule has 0 aliphatic rings. The quantitative estimate of drug-likeness (QED) is 0.515. The molecule has 0 saturated carbocycles. The van der Waals surface area contributed by atoms with Crippen molar-refractivity contribution in [2.24, 2.45) is 5.73 Å². The molecule has 1 aromatic carbocycles. The molecule has 5 nitrogen and oxygen atoms in total. The smallest absolute Gasteiger partial charge is 0.366 e. The van der Waals surface area contributed by atoms with Gasteiger partial charge in [0.2, 0.25) is 5.91 Å². The molecule has 0 aliphatic heterocycles. The second kappa shape index (κ2) is 4.62. The van der Waals surface area contributed by atoms with E-state index in [2.05, 4.69) is 0 Å². The highest BCUT2D eigenvalue weighted by Crippen LogP contribution is 2.33. The Morgan fingerprint density at radius 3 is 2.41 bits per heavy atom. The van der Waals surface area contributed by atoms with Crippen LogP contribution in [0.1, 0.15) is 15.9 Å². The number of carbonyl (C=O) groups excluding carboxylic acids is 1. The lowest BCUT2D eigenvalue weighted by Crippen LogP contribution is -2.14. The lowest BCUT2D eigenvalue weighted by atomic mass is 10.1. The zero-order valence-electron chi connectivity index (χ0n) is 8.02. The topological polar surface area (TPSA) is 86.2 Å². The normalized spacial score (nSPS) is 11.2. The van der Waals surface area contributed by atoms with Gasteiger partial charge in [-0.15, -0.1) is 0 Å². The first-order chi connectivity index (χ1) is 7.71. The Balaban J connectivity index is 3.29. The molecule has 92 valence electrons. The number of nitrogens with two attached hydrogens (primary N) is 1. The minimum absolute atomic E-state index is 0.0950.